The van der Waals surface area contributed by atoms with Crippen molar-refractivity contribution in [1.82, 2.24) is 10.5 Å². The topological polar surface area (TPSA) is 85.6 Å². The molecule has 1 amide bonds. The molecule has 3 rings (SSSR count). The lowest BCUT2D eigenvalue weighted by Crippen LogP contribution is -2.39. The third-order valence-electron chi connectivity index (χ3n) is 3.76. The number of nitrogens with zero attached hydrogens (tertiary/aromatic N) is 1. The van der Waals surface area contributed by atoms with E-state index in [4.69, 9.17) is 14.0 Å². The molecule has 1 unspecified atom stereocenters. The fourth-order valence-electron chi connectivity index (χ4n) is 2.50. The van der Waals surface area contributed by atoms with Gasteiger partial charge in [0.2, 0.25) is 5.91 Å². The first-order valence-electron chi connectivity index (χ1n) is 8.02. The maximum atomic E-state index is 12.3. The van der Waals surface area contributed by atoms with Crippen molar-refractivity contribution in [2.24, 2.45) is 0 Å². The van der Waals surface area contributed by atoms with E-state index in [2.05, 4.69) is 15.8 Å². The van der Waals surface area contributed by atoms with Gasteiger partial charge < -0.3 is 24.6 Å². The standard InChI is InChI=1S/C17H21N3O4/c1-3-13(17(21)19-16-8-11(2)24-20-16)18-10-12-4-5-14-15(9-12)23-7-6-22-14/h4-5,8-9,13,18H,3,6-7,10H2,1-2H3,(H,19,20,21). The largest absolute Gasteiger partial charge is 0.486 e. The summed E-state index contributed by atoms with van der Waals surface area (Å²) in [5.41, 5.74) is 1.03. The van der Waals surface area contributed by atoms with Gasteiger partial charge in [-0.05, 0) is 31.0 Å². The second kappa shape index (κ2) is 7.35. The van der Waals surface area contributed by atoms with Crippen molar-refractivity contribution in [3.05, 3.63) is 35.6 Å². The normalized spacial score (nSPS) is 14.2. The molecule has 0 spiro atoms. The first-order valence-corrected chi connectivity index (χ1v) is 8.02. The van der Waals surface area contributed by atoms with Crippen LogP contribution in [0.5, 0.6) is 11.5 Å². The van der Waals surface area contributed by atoms with Crippen LogP contribution in [-0.2, 0) is 11.3 Å². The lowest BCUT2D eigenvalue weighted by molar-refractivity contribution is -0.118. The number of hydrogen-bond donors (Lipinski definition) is 2. The van der Waals surface area contributed by atoms with E-state index in [-0.39, 0.29) is 11.9 Å². The van der Waals surface area contributed by atoms with Gasteiger partial charge in [-0.1, -0.05) is 18.1 Å². The van der Waals surface area contributed by atoms with Gasteiger partial charge in [0.15, 0.2) is 17.3 Å². The summed E-state index contributed by atoms with van der Waals surface area (Å²) in [6, 6.07) is 7.16. The Kier molecular flexibility index (Phi) is 5.00. The van der Waals surface area contributed by atoms with E-state index in [1.165, 1.54) is 0 Å². The van der Waals surface area contributed by atoms with Gasteiger partial charge >= 0.3 is 0 Å². The maximum absolute atomic E-state index is 12.3. The quantitative estimate of drug-likeness (QED) is 0.844. The summed E-state index contributed by atoms with van der Waals surface area (Å²) < 4.78 is 16.0. The first kappa shape index (κ1) is 16.3. The number of carbonyl (C=O) groups is 1. The minimum atomic E-state index is -0.324. The summed E-state index contributed by atoms with van der Waals surface area (Å²) in [4.78, 5) is 12.3. The van der Waals surface area contributed by atoms with Crippen LogP contribution in [0, 0.1) is 6.92 Å². The van der Waals surface area contributed by atoms with Crippen LogP contribution in [0.1, 0.15) is 24.7 Å². The second-order valence-electron chi connectivity index (χ2n) is 5.63. The number of amides is 1. The molecule has 7 heteroatoms. The molecule has 0 aliphatic carbocycles. The molecule has 1 aromatic heterocycles. The summed E-state index contributed by atoms with van der Waals surface area (Å²) >= 11 is 0. The van der Waals surface area contributed by atoms with Gasteiger partial charge in [-0.3, -0.25) is 4.79 Å². The smallest absolute Gasteiger partial charge is 0.242 e. The first-order chi connectivity index (χ1) is 11.7. The number of rotatable bonds is 6. The zero-order valence-corrected chi connectivity index (χ0v) is 13.8. The monoisotopic (exact) mass is 331 g/mol. The van der Waals surface area contributed by atoms with Crippen molar-refractivity contribution < 1.29 is 18.8 Å². The van der Waals surface area contributed by atoms with E-state index in [1.54, 1.807) is 13.0 Å². The van der Waals surface area contributed by atoms with E-state index in [1.807, 2.05) is 25.1 Å². The Bertz CT molecular complexity index is 714. The summed E-state index contributed by atoms with van der Waals surface area (Å²) in [7, 11) is 0. The molecule has 1 aromatic carbocycles. The Labute approximate surface area is 140 Å². The highest BCUT2D eigenvalue weighted by molar-refractivity contribution is 5.93. The maximum Gasteiger partial charge on any atom is 0.242 e. The molecule has 2 heterocycles. The van der Waals surface area contributed by atoms with Gasteiger partial charge in [-0.25, -0.2) is 0 Å². The Hall–Kier alpha value is -2.54. The Balaban J connectivity index is 1.58. The lowest BCUT2D eigenvalue weighted by Gasteiger charge is -2.20. The molecule has 128 valence electrons. The number of carbonyl (C=O) groups excluding carboxylic acids is 1. The van der Waals surface area contributed by atoms with E-state index < -0.39 is 0 Å². The van der Waals surface area contributed by atoms with Crippen LogP contribution < -0.4 is 20.1 Å². The summed E-state index contributed by atoms with van der Waals surface area (Å²) in [5.74, 6) is 2.45. The number of benzene rings is 1. The van der Waals surface area contributed by atoms with Gasteiger partial charge in [0.05, 0.1) is 6.04 Å². The van der Waals surface area contributed by atoms with Gasteiger partial charge in [0.25, 0.3) is 0 Å². The van der Waals surface area contributed by atoms with Crippen LogP contribution in [0.3, 0.4) is 0 Å². The molecule has 1 aliphatic heterocycles. The van der Waals surface area contributed by atoms with Crippen molar-refractivity contribution in [2.45, 2.75) is 32.9 Å². The van der Waals surface area contributed by atoms with Gasteiger partial charge in [-0.15, -0.1) is 0 Å². The molecule has 0 bridgehead atoms. The van der Waals surface area contributed by atoms with Crippen molar-refractivity contribution >= 4 is 11.7 Å². The average molecular weight is 331 g/mol. The molecule has 0 fully saturated rings. The van der Waals surface area contributed by atoms with Crippen LogP contribution in [-0.4, -0.2) is 30.3 Å². The number of aromatic nitrogens is 1. The van der Waals surface area contributed by atoms with Crippen molar-refractivity contribution in [2.75, 3.05) is 18.5 Å². The average Bonchev–Trinajstić information content (AvgIpc) is 3.00. The van der Waals surface area contributed by atoms with Crippen molar-refractivity contribution in [3.63, 3.8) is 0 Å². The minimum Gasteiger partial charge on any atom is -0.486 e. The fourth-order valence-corrected chi connectivity index (χ4v) is 2.50. The highest BCUT2D eigenvalue weighted by Gasteiger charge is 2.18. The molecule has 7 nitrogen and oxygen atoms in total. The Morgan fingerprint density at radius 1 is 1.25 bits per heavy atom. The fraction of sp³-hybridized carbons (Fsp3) is 0.412. The minimum absolute atomic E-state index is 0.136. The second-order valence-corrected chi connectivity index (χ2v) is 5.63. The predicted molar refractivity (Wildman–Crippen MR) is 88.2 cm³/mol. The number of anilines is 1. The van der Waals surface area contributed by atoms with E-state index in [0.717, 1.165) is 17.1 Å². The van der Waals surface area contributed by atoms with Crippen LogP contribution in [0.15, 0.2) is 28.8 Å². The van der Waals surface area contributed by atoms with Gasteiger partial charge in [0, 0.05) is 12.6 Å². The number of ether oxygens (including phenoxy) is 2. The molecule has 1 atom stereocenters. The SMILES string of the molecule is CCC(NCc1ccc2c(c1)OCCO2)C(=O)Nc1cc(C)on1. The zero-order valence-electron chi connectivity index (χ0n) is 13.8. The molecule has 0 saturated carbocycles. The van der Waals surface area contributed by atoms with E-state index >= 15 is 0 Å². The number of fused-ring (bicyclic) bond motifs is 1. The third-order valence-corrected chi connectivity index (χ3v) is 3.76. The number of hydrogen-bond acceptors (Lipinski definition) is 6. The Morgan fingerprint density at radius 2 is 2.04 bits per heavy atom. The molecular weight excluding hydrogens is 310 g/mol. The Morgan fingerprint density at radius 3 is 2.75 bits per heavy atom. The van der Waals surface area contributed by atoms with Crippen molar-refractivity contribution in [3.8, 4) is 11.5 Å². The van der Waals surface area contributed by atoms with Crippen LogP contribution >= 0.6 is 0 Å². The molecule has 2 aromatic rings. The molecule has 24 heavy (non-hydrogen) atoms. The third kappa shape index (κ3) is 3.86. The number of aryl methyl sites for hydroxylation is 1. The lowest BCUT2D eigenvalue weighted by atomic mass is 10.1. The van der Waals surface area contributed by atoms with E-state index in [9.17, 15) is 4.79 Å². The van der Waals surface area contributed by atoms with Crippen LogP contribution in [0.2, 0.25) is 0 Å². The molecule has 1 aliphatic rings. The number of nitrogens with one attached hydrogen (secondary N) is 2. The summed E-state index contributed by atoms with van der Waals surface area (Å²) in [5, 5.41) is 9.78. The molecular formula is C17H21N3O4. The van der Waals surface area contributed by atoms with Crippen LogP contribution in [0.25, 0.3) is 0 Å². The molecule has 0 saturated heterocycles. The summed E-state index contributed by atoms with van der Waals surface area (Å²) in [6.07, 6.45) is 0.660. The predicted octanol–water partition coefficient (Wildman–Crippen LogP) is 2.26. The van der Waals surface area contributed by atoms with Crippen LogP contribution in [0.4, 0.5) is 5.82 Å². The zero-order chi connectivity index (χ0) is 16.9. The highest BCUT2D eigenvalue weighted by atomic mass is 16.6. The van der Waals surface area contributed by atoms with Gasteiger partial charge in [0.1, 0.15) is 19.0 Å². The molecule has 0 radical (unpaired) electrons. The van der Waals surface area contributed by atoms with E-state index in [0.29, 0.717) is 37.8 Å². The van der Waals surface area contributed by atoms with Crippen molar-refractivity contribution in [1.29, 1.82) is 0 Å². The summed E-state index contributed by atoms with van der Waals surface area (Å²) in [6.45, 7) is 5.42. The van der Waals surface area contributed by atoms with Gasteiger partial charge in [-0.2, -0.15) is 0 Å². The molecule has 2 N–H and O–H groups in total. The highest BCUT2D eigenvalue weighted by Crippen LogP contribution is 2.30.